The van der Waals surface area contributed by atoms with Crippen LogP contribution in [0.4, 0.5) is 10.5 Å². The minimum Gasteiger partial charge on any atom is -0.308 e. The second-order valence-electron chi connectivity index (χ2n) is 4.10. The van der Waals surface area contributed by atoms with E-state index in [-0.39, 0.29) is 0 Å². The van der Waals surface area contributed by atoms with E-state index in [1.54, 1.807) is 12.1 Å². The number of anilines is 1. The van der Waals surface area contributed by atoms with Crippen LogP contribution in [-0.2, 0) is 4.57 Å². The van der Waals surface area contributed by atoms with Crippen LogP contribution >= 0.6 is 28.5 Å². The molecule has 7 heteroatoms. The van der Waals surface area contributed by atoms with Crippen LogP contribution in [0.3, 0.4) is 0 Å². The van der Waals surface area contributed by atoms with Crippen LogP contribution in [0.25, 0.3) is 0 Å². The Morgan fingerprint density at radius 2 is 1.65 bits per heavy atom. The van der Waals surface area contributed by atoms with E-state index in [0.29, 0.717) is 5.69 Å². The summed E-state index contributed by atoms with van der Waals surface area (Å²) in [6.07, 6.45) is 1.87. The fourth-order valence-electron chi connectivity index (χ4n) is 1.33. The number of benzene rings is 1. The topological polar surface area (TPSA) is 58.2 Å². The average Bonchev–Trinajstić information content (AvgIpc) is 2.44. The van der Waals surface area contributed by atoms with Gasteiger partial charge in [0, 0.05) is 17.2 Å². The van der Waals surface area contributed by atoms with Gasteiger partial charge in [-0.2, -0.15) is 0 Å². The Morgan fingerprint density at radius 3 is 2.15 bits per heavy atom. The molecule has 0 heterocycles. The predicted molar refractivity (Wildman–Crippen MR) is 91.7 cm³/mol. The van der Waals surface area contributed by atoms with E-state index in [4.69, 9.17) is 0 Å². The molecule has 0 aromatic heterocycles. The minimum atomic E-state index is -2.77. The number of carbonyl (C=O) groups is 1. The number of nitrogens with one attached hydrogen (secondary N) is 2. The van der Waals surface area contributed by atoms with Crippen molar-refractivity contribution in [1.82, 2.24) is 5.09 Å². The van der Waals surface area contributed by atoms with Crippen LogP contribution in [0.5, 0.6) is 0 Å². The predicted octanol–water partition coefficient (Wildman–Crippen LogP) is 5.20. The van der Waals surface area contributed by atoms with Crippen LogP contribution in [0, 0.1) is 0 Å². The molecule has 2 amide bonds. The zero-order valence-electron chi connectivity index (χ0n) is 11.8. The number of urea groups is 1. The molecule has 0 atom stereocenters. The summed E-state index contributed by atoms with van der Waals surface area (Å²) in [5.74, 6) is 1.55. The highest BCUT2D eigenvalue weighted by Crippen LogP contribution is 2.65. The van der Waals surface area contributed by atoms with E-state index in [1.807, 2.05) is 32.0 Å². The molecule has 0 spiro atoms. The summed E-state index contributed by atoms with van der Waals surface area (Å²) in [6.45, 7) is 4.07. The highest BCUT2D eigenvalue weighted by molar-refractivity contribution is 8.90. The lowest BCUT2D eigenvalue weighted by molar-refractivity contribution is 0.256. The highest BCUT2D eigenvalue weighted by atomic mass is 33.1. The van der Waals surface area contributed by atoms with E-state index in [2.05, 4.69) is 10.4 Å². The Bertz CT molecular complexity index is 445. The van der Waals surface area contributed by atoms with Gasteiger partial charge in [-0.15, -0.1) is 0 Å². The van der Waals surface area contributed by atoms with Gasteiger partial charge >= 0.3 is 6.03 Å². The van der Waals surface area contributed by atoms with Crippen molar-refractivity contribution in [2.45, 2.75) is 26.7 Å². The molecule has 112 valence electrons. The summed E-state index contributed by atoms with van der Waals surface area (Å²) in [5, 5.41) is 5.34. The zero-order valence-corrected chi connectivity index (χ0v) is 14.3. The second kappa shape index (κ2) is 9.37. The normalized spacial score (nSPS) is 11.1. The molecule has 2 N–H and O–H groups in total. The molecule has 0 radical (unpaired) electrons. The molecule has 4 nitrogen and oxygen atoms in total. The van der Waals surface area contributed by atoms with Crippen molar-refractivity contribution >= 4 is 40.2 Å². The molecule has 20 heavy (non-hydrogen) atoms. The van der Waals surface area contributed by atoms with Crippen LogP contribution in [0.2, 0.25) is 0 Å². The van der Waals surface area contributed by atoms with Gasteiger partial charge in [0.25, 0.3) is 5.70 Å². The maximum absolute atomic E-state index is 12.7. The molecule has 0 saturated heterocycles. The molecule has 0 aliphatic heterocycles. The van der Waals surface area contributed by atoms with Crippen LogP contribution < -0.4 is 10.4 Å². The Kier molecular flexibility index (Phi) is 8.19. The summed E-state index contributed by atoms with van der Waals surface area (Å²) in [5.41, 5.74) is -2.08. The van der Waals surface area contributed by atoms with Crippen molar-refractivity contribution in [1.29, 1.82) is 0 Å². The Balaban J connectivity index is 2.59. The third-order valence-electron chi connectivity index (χ3n) is 2.20. The van der Waals surface area contributed by atoms with Gasteiger partial charge in [0.15, 0.2) is 0 Å². The van der Waals surface area contributed by atoms with Crippen LogP contribution in [0.15, 0.2) is 30.3 Å². The maximum atomic E-state index is 12.7. The molecule has 0 saturated carbocycles. The molecule has 0 bridgehead atoms. The smallest absolute Gasteiger partial charge is 0.308 e. The van der Waals surface area contributed by atoms with Crippen molar-refractivity contribution in [3.63, 3.8) is 0 Å². The van der Waals surface area contributed by atoms with E-state index in [1.165, 1.54) is 22.8 Å². The van der Waals surface area contributed by atoms with E-state index >= 15 is 0 Å². The quantitative estimate of drug-likeness (QED) is 0.642. The van der Waals surface area contributed by atoms with Crippen molar-refractivity contribution in [2.75, 3.05) is 16.8 Å². The molecular weight excluding hydrogens is 311 g/mol. The number of hydrogen-bond donors (Lipinski definition) is 2. The number of hydrogen-bond acceptors (Lipinski definition) is 4. The molecule has 1 aromatic carbocycles. The maximum Gasteiger partial charge on any atom is 0.325 e. The zero-order chi connectivity index (χ0) is 14.8. The summed E-state index contributed by atoms with van der Waals surface area (Å²) >= 11 is 2.70. The van der Waals surface area contributed by atoms with Gasteiger partial charge in [-0.25, -0.2) is 4.79 Å². The van der Waals surface area contributed by atoms with Gasteiger partial charge in [0.05, 0.1) is 0 Å². The lowest BCUT2D eigenvalue weighted by Gasteiger charge is -2.18. The van der Waals surface area contributed by atoms with Crippen molar-refractivity contribution in [3.8, 4) is 0 Å². The van der Waals surface area contributed by atoms with E-state index < -0.39 is 11.7 Å². The summed E-state index contributed by atoms with van der Waals surface area (Å²) in [4.78, 5) is 11.9. The van der Waals surface area contributed by atoms with Crippen molar-refractivity contribution in [3.05, 3.63) is 30.3 Å². The first kappa shape index (κ1) is 17.5. The molecule has 0 aliphatic rings. The van der Waals surface area contributed by atoms with E-state index in [0.717, 1.165) is 24.3 Å². The van der Waals surface area contributed by atoms with Gasteiger partial charge < -0.3 is 5.32 Å². The third kappa shape index (κ3) is 6.73. The average molecular weight is 332 g/mol. The van der Waals surface area contributed by atoms with Gasteiger partial charge in [-0.3, -0.25) is 9.65 Å². The largest absolute Gasteiger partial charge is 0.325 e. The monoisotopic (exact) mass is 332 g/mol. The SMILES string of the molecule is CCCSP(=O)(NC(=O)Nc1ccccc1)SCCC. The highest BCUT2D eigenvalue weighted by Gasteiger charge is 2.25. The van der Waals surface area contributed by atoms with Crippen LogP contribution in [-0.4, -0.2) is 17.5 Å². The third-order valence-corrected chi connectivity index (χ3v) is 10.1. The van der Waals surface area contributed by atoms with Crippen molar-refractivity contribution in [2.24, 2.45) is 0 Å². The first-order valence-corrected chi connectivity index (χ1v) is 11.5. The first-order chi connectivity index (χ1) is 9.59. The van der Waals surface area contributed by atoms with Crippen LogP contribution in [0.1, 0.15) is 26.7 Å². The van der Waals surface area contributed by atoms with E-state index in [9.17, 15) is 9.36 Å². The Hall–Kier alpha value is -0.580. The summed E-state index contributed by atoms with van der Waals surface area (Å²) < 4.78 is 12.7. The second-order valence-corrected chi connectivity index (χ2v) is 12.0. The van der Waals surface area contributed by atoms with Gasteiger partial charge in [-0.1, -0.05) is 54.8 Å². The van der Waals surface area contributed by atoms with Gasteiger partial charge in [-0.05, 0) is 25.0 Å². The molecule has 1 aromatic rings. The Labute approximate surface area is 128 Å². The molecule has 1 rings (SSSR count). The lowest BCUT2D eigenvalue weighted by atomic mass is 10.3. The lowest BCUT2D eigenvalue weighted by Crippen LogP contribution is -2.24. The first-order valence-electron chi connectivity index (χ1n) is 6.63. The summed E-state index contributed by atoms with van der Waals surface area (Å²) in [7, 11) is 0. The Morgan fingerprint density at radius 1 is 1.10 bits per heavy atom. The molecular formula is C13H21N2O2PS2. The fraction of sp³-hybridized carbons (Fsp3) is 0.462. The van der Waals surface area contributed by atoms with Gasteiger partial charge in [0.1, 0.15) is 0 Å². The minimum absolute atomic E-state index is 0.410. The number of carbonyl (C=O) groups excluding carboxylic acids is 1. The van der Waals surface area contributed by atoms with Crippen molar-refractivity contribution < 1.29 is 9.36 Å². The molecule has 0 aliphatic carbocycles. The standard InChI is InChI=1S/C13H21N2O2PS2/c1-3-10-19-18(17,20-11-4-2)15-13(16)14-12-8-6-5-7-9-12/h5-9H,3-4,10-11H2,1-2H3,(H2,14,15,16,17). The fourth-order valence-corrected chi connectivity index (χ4v) is 8.34. The van der Waals surface area contributed by atoms with Gasteiger partial charge in [0.2, 0.25) is 0 Å². The number of para-hydroxylation sites is 1. The number of rotatable bonds is 8. The molecule has 0 unspecified atom stereocenters. The molecule has 0 fully saturated rings. The number of amides is 2. The summed E-state index contributed by atoms with van der Waals surface area (Å²) in [6, 6.07) is 8.74.